The van der Waals surface area contributed by atoms with Gasteiger partial charge in [0.2, 0.25) is 0 Å². The number of hydrogen-bond acceptors (Lipinski definition) is 2. The van der Waals surface area contributed by atoms with E-state index in [4.69, 9.17) is 4.74 Å². The van der Waals surface area contributed by atoms with Crippen LogP contribution in [0.1, 0.15) is 43.9 Å². The molecule has 2 nitrogen and oxygen atoms in total. The van der Waals surface area contributed by atoms with Crippen molar-refractivity contribution in [3.05, 3.63) is 59.7 Å². The molecule has 0 aliphatic carbocycles. The number of benzene rings is 2. The Balaban J connectivity index is 2.04. The van der Waals surface area contributed by atoms with Gasteiger partial charge in [-0.15, -0.1) is 0 Å². The Bertz CT molecular complexity index is 548. The van der Waals surface area contributed by atoms with Gasteiger partial charge in [0.25, 0.3) is 0 Å². The lowest BCUT2D eigenvalue weighted by atomic mass is 10.0. The van der Waals surface area contributed by atoms with Gasteiger partial charge in [-0.3, -0.25) is 0 Å². The molecule has 2 rings (SSSR count). The summed E-state index contributed by atoms with van der Waals surface area (Å²) in [5.74, 6) is 1.77. The summed E-state index contributed by atoms with van der Waals surface area (Å²) in [5.41, 5.74) is 2.53. The first-order valence-electron chi connectivity index (χ1n) is 7.80. The highest BCUT2D eigenvalue weighted by Gasteiger charge is 2.08. The van der Waals surface area contributed by atoms with Crippen molar-refractivity contribution in [3.8, 4) is 11.5 Å². The lowest BCUT2D eigenvalue weighted by Gasteiger charge is -2.17. The van der Waals surface area contributed by atoms with Crippen LogP contribution in [-0.2, 0) is 0 Å². The highest BCUT2D eigenvalue weighted by Crippen LogP contribution is 2.25. The molecule has 112 valence electrons. The molecule has 2 aromatic carbocycles. The minimum Gasteiger partial charge on any atom is -0.457 e. The molecular formula is C19H25NO. The number of aryl methyl sites for hydroxylation is 1. The van der Waals surface area contributed by atoms with Crippen molar-refractivity contribution < 1.29 is 4.74 Å². The Labute approximate surface area is 128 Å². The first kappa shape index (κ1) is 15.6. The Kier molecular flexibility index (Phi) is 5.82. The molecule has 1 unspecified atom stereocenters. The van der Waals surface area contributed by atoms with Gasteiger partial charge in [0.1, 0.15) is 11.5 Å². The third kappa shape index (κ3) is 4.61. The first-order chi connectivity index (χ1) is 10.2. The molecule has 0 aliphatic heterocycles. The van der Waals surface area contributed by atoms with E-state index in [1.165, 1.54) is 11.1 Å². The average molecular weight is 283 g/mol. The second-order valence-electron chi connectivity index (χ2n) is 5.40. The zero-order chi connectivity index (χ0) is 15.1. The van der Waals surface area contributed by atoms with Gasteiger partial charge in [0, 0.05) is 6.04 Å². The fourth-order valence-corrected chi connectivity index (χ4v) is 2.40. The normalized spacial score (nSPS) is 12.1. The SMILES string of the molecule is CCCNC(CC)c1ccc(Oc2cccc(C)c2)cc1. The molecule has 2 aromatic rings. The van der Waals surface area contributed by atoms with Crippen LogP contribution < -0.4 is 10.1 Å². The van der Waals surface area contributed by atoms with E-state index in [1.807, 2.05) is 30.3 Å². The van der Waals surface area contributed by atoms with E-state index in [0.717, 1.165) is 30.9 Å². The standard InChI is InChI=1S/C19H25NO/c1-4-13-20-19(5-2)16-9-11-17(12-10-16)21-18-8-6-7-15(3)14-18/h6-12,14,19-20H,4-5,13H2,1-3H3. The summed E-state index contributed by atoms with van der Waals surface area (Å²) in [6, 6.07) is 17.0. The van der Waals surface area contributed by atoms with E-state index < -0.39 is 0 Å². The fraction of sp³-hybridized carbons (Fsp3) is 0.368. The van der Waals surface area contributed by atoms with Crippen molar-refractivity contribution in [3.63, 3.8) is 0 Å². The fourth-order valence-electron chi connectivity index (χ4n) is 2.40. The summed E-state index contributed by atoms with van der Waals surface area (Å²) in [6.07, 6.45) is 2.25. The Hall–Kier alpha value is -1.80. The maximum atomic E-state index is 5.89. The van der Waals surface area contributed by atoms with Gasteiger partial charge in [-0.2, -0.15) is 0 Å². The van der Waals surface area contributed by atoms with Gasteiger partial charge in [0.15, 0.2) is 0 Å². The van der Waals surface area contributed by atoms with E-state index in [9.17, 15) is 0 Å². The van der Waals surface area contributed by atoms with Gasteiger partial charge in [-0.25, -0.2) is 0 Å². The highest BCUT2D eigenvalue weighted by molar-refractivity contribution is 5.35. The first-order valence-corrected chi connectivity index (χ1v) is 7.80. The van der Waals surface area contributed by atoms with Gasteiger partial charge < -0.3 is 10.1 Å². The minimum atomic E-state index is 0.429. The molecule has 0 amide bonds. The lowest BCUT2D eigenvalue weighted by molar-refractivity contribution is 0.480. The van der Waals surface area contributed by atoms with Crippen molar-refractivity contribution in [2.75, 3.05) is 6.54 Å². The van der Waals surface area contributed by atoms with E-state index in [2.05, 4.69) is 44.3 Å². The van der Waals surface area contributed by atoms with E-state index in [-0.39, 0.29) is 0 Å². The summed E-state index contributed by atoms with van der Waals surface area (Å²) >= 11 is 0. The van der Waals surface area contributed by atoms with Crippen LogP contribution in [-0.4, -0.2) is 6.54 Å². The third-order valence-electron chi connectivity index (χ3n) is 3.56. The number of hydrogen-bond donors (Lipinski definition) is 1. The highest BCUT2D eigenvalue weighted by atomic mass is 16.5. The second kappa shape index (κ2) is 7.84. The molecule has 0 aromatic heterocycles. The summed E-state index contributed by atoms with van der Waals surface area (Å²) in [4.78, 5) is 0. The predicted octanol–water partition coefficient (Wildman–Crippen LogP) is 5.24. The molecule has 1 atom stereocenters. The smallest absolute Gasteiger partial charge is 0.127 e. The number of ether oxygens (including phenoxy) is 1. The molecule has 0 saturated carbocycles. The molecule has 0 bridgehead atoms. The second-order valence-corrected chi connectivity index (χ2v) is 5.40. The molecule has 1 N–H and O–H groups in total. The van der Waals surface area contributed by atoms with Crippen molar-refractivity contribution in [2.45, 2.75) is 39.7 Å². The van der Waals surface area contributed by atoms with E-state index in [0.29, 0.717) is 6.04 Å². The zero-order valence-electron chi connectivity index (χ0n) is 13.2. The van der Waals surface area contributed by atoms with Crippen LogP contribution in [0.25, 0.3) is 0 Å². The van der Waals surface area contributed by atoms with Crippen LogP contribution in [0.2, 0.25) is 0 Å². The molecule has 0 aliphatic rings. The molecule has 0 radical (unpaired) electrons. The largest absolute Gasteiger partial charge is 0.457 e. The Morgan fingerprint density at radius 2 is 1.76 bits per heavy atom. The summed E-state index contributed by atoms with van der Waals surface area (Å²) in [7, 11) is 0. The van der Waals surface area contributed by atoms with Crippen LogP contribution in [0.3, 0.4) is 0 Å². The lowest BCUT2D eigenvalue weighted by Crippen LogP contribution is -2.21. The van der Waals surface area contributed by atoms with Gasteiger partial charge in [-0.1, -0.05) is 38.1 Å². The average Bonchev–Trinajstić information content (AvgIpc) is 2.49. The van der Waals surface area contributed by atoms with Crippen molar-refractivity contribution in [1.29, 1.82) is 0 Å². The maximum Gasteiger partial charge on any atom is 0.127 e. The van der Waals surface area contributed by atoms with Crippen LogP contribution in [0.15, 0.2) is 48.5 Å². The molecule has 2 heteroatoms. The van der Waals surface area contributed by atoms with Gasteiger partial charge in [-0.05, 0) is 61.7 Å². The van der Waals surface area contributed by atoms with Gasteiger partial charge in [0.05, 0.1) is 0 Å². The number of nitrogens with one attached hydrogen (secondary N) is 1. The van der Waals surface area contributed by atoms with Crippen LogP contribution in [0.5, 0.6) is 11.5 Å². The van der Waals surface area contributed by atoms with Gasteiger partial charge >= 0.3 is 0 Å². The van der Waals surface area contributed by atoms with Crippen molar-refractivity contribution >= 4 is 0 Å². The van der Waals surface area contributed by atoms with Crippen molar-refractivity contribution in [1.82, 2.24) is 5.32 Å². The summed E-state index contributed by atoms with van der Waals surface area (Å²) in [5, 5.41) is 3.57. The predicted molar refractivity (Wildman–Crippen MR) is 89.0 cm³/mol. The molecule has 0 saturated heterocycles. The third-order valence-corrected chi connectivity index (χ3v) is 3.56. The van der Waals surface area contributed by atoms with Crippen molar-refractivity contribution in [2.24, 2.45) is 0 Å². The topological polar surface area (TPSA) is 21.3 Å². The molecule has 0 heterocycles. The van der Waals surface area contributed by atoms with Crippen LogP contribution in [0, 0.1) is 6.92 Å². The minimum absolute atomic E-state index is 0.429. The summed E-state index contributed by atoms with van der Waals surface area (Å²) in [6.45, 7) is 7.53. The molecule has 0 spiro atoms. The van der Waals surface area contributed by atoms with E-state index >= 15 is 0 Å². The molecule has 21 heavy (non-hydrogen) atoms. The quantitative estimate of drug-likeness (QED) is 0.750. The maximum absolute atomic E-state index is 5.89. The number of rotatable bonds is 7. The molecular weight excluding hydrogens is 258 g/mol. The van der Waals surface area contributed by atoms with E-state index in [1.54, 1.807) is 0 Å². The molecule has 0 fully saturated rings. The monoisotopic (exact) mass is 283 g/mol. The zero-order valence-corrected chi connectivity index (χ0v) is 13.2. The Morgan fingerprint density at radius 3 is 2.38 bits per heavy atom. The summed E-state index contributed by atoms with van der Waals surface area (Å²) < 4.78 is 5.89. The van der Waals surface area contributed by atoms with Crippen LogP contribution >= 0.6 is 0 Å². The van der Waals surface area contributed by atoms with Crippen LogP contribution in [0.4, 0.5) is 0 Å². The Morgan fingerprint density at radius 1 is 1.00 bits per heavy atom.